The number of benzene rings is 1. The summed E-state index contributed by atoms with van der Waals surface area (Å²) in [7, 11) is 1.57. The SMILES string of the molecule is COc1cc(CNCC(C)CCO)ccc1C#N. The number of nitriles is 1. The molecule has 0 amide bonds. The van der Waals surface area contributed by atoms with Crippen molar-refractivity contribution in [2.45, 2.75) is 19.9 Å². The molecule has 0 aromatic heterocycles. The molecule has 1 atom stereocenters. The minimum absolute atomic E-state index is 0.230. The van der Waals surface area contributed by atoms with Gasteiger partial charge in [-0.25, -0.2) is 0 Å². The average molecular weight is 248 g/mol. The number of nitrogens with zero attached hydrogens (tertiary/aromatic N) is 1. The maximum absolute atomic E-state index is 8.88. The van der Waals surface area contributed by atoms with E-state index >= 15 is 0 Å². The zero-order chi connectivity index (χ0) is 13.4. The Morgan fingerprint density at radius 3 is 2.89 bits per heavy atom. The zero-order valence-corrected chi connectivity index (χ0v) is 10.9. The summed E-state index contributed by atoms with van der Waals surface area (Å²) < 4.78 is 5.16. The maximum atomic E-state index is 8.88. The lowest BCUT2D eigenvalue weighted by Crippen LogP contribution is -2.21. The van der Waals surface area contributed by atoms with Crippen LogP contribution in [0.2, 0.25) is 0 Å². The lowest BCUT2D eigenvalue weighted by Gasteiger charge is -2.12. The summed E-state index contributed by atoms with van der Waals surface area (Å²) in [4.78, 5) is 0. The number of methoxy groups -OCH3 is 1. The van der Waals surface area contributed by atoms with Crippen LogP contribution in [0.15, 0.2) is 18.2 Å². The van der Waals surface area contributed by atoms with Crippen LogP contribution in [-0.4, -0.2) is 25.4 Å². The number of nitrogens with one attached hydrogen (secondary N) is 1. The van der Waals surface area contributed by atoms with Gasteiger partial charge in [0.05, 0.1) is 12.7 Å². The van der Waals surface area contributed by atoms with E-state index in [1.54, 1.807) is 13.2 Å². The van der Waals surface area contributed by atoms with E-state index in [9.17, 15) is 0 Å². The van der Waals surface area contributed by atoms with E-state index in [0.717, 1.165) is 25.1 Å². The quantitative estimate of drug-likeness (QED) is 0.770. The Balaban J connectivity index is 2.51. The molecule has 18 heavy (non-hydrogen) atoms. The minimum atomic E-state index is 0.230. The van der Waals surface area contributed by atoms with Crippen molar-refractivity contribution in [3.05, 3.63) is 29.3 Å². The van der Waals surface area contributed by atoms with Gasteiger partial charge in [-0.1, -0.05) is 13.0 Å². The van der Waals surface area contributed by atoms with Crippen LogP contribution in [0, 0.1) is 17.2 Å². The molecular weight excluding hydrogens is 228 g/mol. The van der Waals surface area contributed by atoms with E-state index < -0.39 is 0 Å². The molecule has 0 spiro atoms. The Kier molecular flexibility index (Phi) is 6.20. The summed E-state index contributed by atoms with van der Waals surface area (Å²) >= 11 is 0. The van der Waals surface area contributed by atoms with Crippen molar-refractivity contribution in [2.24, 2.45) is 5.92 Å². The van der Waals surface area contributed by atoms with Gasteiger partial charge in [0, 0.05) is 13.2 Å². The van der Waals surface area contributed by atoms with Crippen molar-refractivity contribution in [1.82, 2.24) is 5.32 Å². The van der Waals surface area contributed by atoms with Gasteiger partial charge < -0.3 is 15.2 Å². The predicted octanol–water partition coefficient (Wildman–Crippen LogP) is 1.67. The fourth-order valence-electron chi connectivity index (χ4n) is 1.72. The molecule has 2 N–H and O–H groups in total. The molecule has 0 heterocycles. The normalized spacial score (nSPS) is 11.9. The summed E-state index contributed by atoms with van der Waals surface area (Å²) in [6, 6.07) is 7.66. The second-order valence-corrected chi connectivity index (χ2v) is 4.39. The second-order valence-electron chi connectivity index (χ2n) is 4.39. The molecule has 1 unspecified atom stereocenters. The molecular formula is C14H20N2O2. The monoisotopic (exact) mass is 248 g/mol. The van der Waals surface area contributed by atoms with Crippen molar-refractivity contribution in [3.8, 4) is 11.8 Å². The lowest BCUT2D eigenvalue weighted by molar-refractivity contribution is 0.260. The standard InChI is InChI=1S/C14H20N2O2/c1-11(5-6-17)9-16-10-12-3-4-13(8-15)14(7-12)18-2/h3-4,7,11,16-17H,5-6,9-10H2,1-2H3. The number of hydrogen-bond acceptors (Lipinski definition) is 4. The van der Waals surface area contributed by atoms with Crippen LogP contribution in [0.25, 0.3) is 0 Å². The fraction of sp³-hybridized carbons (Fsp3) is 0.500. The Morgan fingerprint density at radius 2 is 2.28 bits per heavy atom. The molecule has 0 aliphatic carbocycles. The van der Waals surface area contributed by atoms with Crippen molar-refractivity contribution in [2.75, 3.05) is 20.3 Å². The topological polar surface area (TPSA) is 65.3 Å². The van der Waals surface area contributed by atoms with Crippen LogP contribution in [0.1, 0.15) is 24.5 Å². The molecule has 98 valence electrons. The van der Waals surface area contributed by atoms with Crippen molar-refractivity contribution in [3.63, 3.8) is 0 Å². The highest BCUT2D eigenvalue weighted by atomic mass is 16.5. The highest BCUT2D eigenvalue weighted by Crippen LogP contribution is 2.19. The molecule has 0 aliphatic rings. The maximum Gasteiger partial charge on any atom is 0.136 e. The first-order valence-corrected chi connectivity index (χ1v) is 6.09. The number of rotatable bonds is 7. The van der Waals surface area contributed by atoms with Crippen molar-refractivity contribution >= 4 is 0 Å². The largest absolute Gasteiger partial charge is 0.495 e. The molecule has 0 bridgehead atoms. The fourth-order valence-corrected chi connectivity index (χ4v) is 1.72. The number of ether oxygens (including phenoxy) is 1. The molecule has 0 saturated carbocycles. The summed E-state index contributed by atoms with van der Waals surface area (Å²) in [5.74, 6) is 1.07. The van der Waals surface area contributed by atoms with Gasteiger partial charge in [-0.3, -0.25) is 0 Å². The van der Waals surface area contributed by atoms with E-state index in [-0.39, 0.29) is 6.61 Å². The number of aliphatic hydroxyl groups excluding tert-OH is 1. The molecule has 0 aliphatic heterocycles. The van der Waals surface area contributed by atoms with Crippen molar-refractivity contribution in [1.29, 1.82) is 5.26 Å². The highest BCUT2D eigenvalue weighted by molar-refractivity contribution is 5.45. The Labute approximate surface area is 108 Å². The van der Waals surface area contributed by atoms with Gasteiger partial charge in [0.1, 0.15) is 11.8 Å². The summed E-state index contributed by atoms with van der Waals surface area (Å²) in [5, 5.41) is 21.0. The zero-order valence-electron chi connectivity index (χ0n) is 10.9. The first-order valence-electron chi connectivity index (χ1n) is 6.09. The minimum Gasteiger partial charge on any atom is -0.495 e. The third-order valence-corrected chi connectivity index (χ3v) is 2.83. The Morgan fingerprint density at radius 1 is 1.50 bits per heavy atom. The molecule has 0 fully saturated rings. The lowest BCUT2D eigenvalue weighted by atomic mass is 10.1. The van der Waals surface area contributed by atoms with Crippen LogP contribution in [0.3, 0.4) is 0 Å². The molecule has 4 nitrogen and oxygen atoms in total. The van der Waals surface area contributed by atoms with E-state index in [1.807, 2.05) is 12.1 Å². The molecule has 1 aromatic rings. The third-order valence-electron chi connectivity index (χ3n) is 2.83. The van der Waals surface area contributed by atoms with Gasteiger partial charge in [0.2, 0.25) is 0 Å². The molecule has 1 rings (SSSR count). The third kappa shape index (κ3) is 4.36. The molecule has 0 saturated heterocycles. The van der Waals surface area contributed by atoms with Gasteiger partial charge in [-0.2, -0.15) is 5.26 Å². The number of aliphatic hydroxyl groups is 1. The average Bonchev–Trinajstić information content (AvgIpc) is 2.38. The van der Waals surface area contributed by atoms with Gasteiger partial charge >= 0.3 is 0 Å². The van der Waals surface area contributed by atoms with Gasteiger partial charge in [-0.05, 0) is 36.6 Å². The van der Waals surface area contributed by atoms with E-state index in [2.05, 4.69) is 18.3 Å². The summed E-state index contributed by atoms with van der Waals surface area (Å²) in [5.41, 5.74) is 1.64. The smallest absolute Gasteiger partial charge is 0.136 e. The molecule has 0 radical (unpaired) electrons. The van der Waals surface area contributed by atoms with E-state index in [1.165, 1.54) is 0 Å². The van der Waals surface area contributed by atoms with Crippen LogP contribution in [0.4, 0.5) is 0 Å². The van der Waals surface area contributed by atoms with Crippen LogP contribution < -0.4 is 10.1 Å². The van der Waals surface area contributed by atoms with Crippen LogP contribution in [0.5, 0.6) is 5.75 Å². The van der Waals surface area contributed by atoms with Gasteiger partial charge in [0.25, 0.3) is 0 Å². The Hall–Kier alpha value is -1.57. The second kappa shape index (κ2) is 7.70. The first-order chi connectivity index (χ1) is 8.71. The van der Waals surface area contributed by atoms with E-state index in [4.69, 9.17) is 15.1 Å². The van der Waals surface area contributed by atoms with E-state index in [0.29, 0.717) is 17.2 Å². The molecule has 1 aromatic carbocycles. The van der Waals surface area contributed by atoms with Crippen LogP contribution in [-0.2, 0) is 6.54 Å². The van der Waals surface area contributed by atoms with Gasteiger partial charge in [-0.15, -0.1) is 0 Å². The van der Waals surface area contributed by atoms with Gasteiger partial charge in [0.15, 0.2) is 0 Å². The summed E-state index contributed by atoms with van der Waals surface area (Å²) in [6.45, 7) is 3.93. The molecule has 4 heteroatoms. The first kappa shape index (κ1) is 14.5. The highest BCUT2D eigenvalue weighted by Gasteiger charge is 2.04. The summed E-state index contributed by atoms with van der Waals surface area (Å²) in [6.07, 6.45) is 0.809. The number of hydrogen-bond donors (Lipinski definition) is 2. The van der Waals surface area contributed by atoms with Crippen molar-refractivity contribution < 1.29 is 9.84 Å². The Bertz CT molecular complexity index is 413. The predicted molar refractivity (Wildman–Crippen MR) is 70.3 cm³/mol. The van der Waals surface area contributed by atoms with Crippen LogP contribution >= 0.6 is 0 Å².